The third kappa shape index (κ3) is 2.93. The number of fused-ring (bicyclic) bond motifs is 1. The minimum absolute atomic E-state index is 0.0261. The van der Waals surface area contributed by atoms with Gasteiger partial charge in [0.15, 0.2) is 0 Å². The Balaban J connectivity index is 1.56. The molecular formula is C16H26N4O. The molecule has 21 heavy (non-hydrogen) atoms. The highest BCUT2D eigenvalue weighted by Crippen LogP contribution is 2.32. The highest BCUT2D eigenvalue weighted by atomic mass is 16.2. The molecule has 1 amide bonds. The summed E-state index contributed by atoms with van der Waals surface area (Å²) in [5, 5.41) is 15.9. The molecular weight excluding hydrogens is 264 g/mol. The van der Waals surface area contributed by atoms with Crippen LogP contribution in [0.3, 0.4) is 0 Å². The van der Waals surface area contributed by atoms with Gasteiger partial charge in [-0.25, -0.2) is 0 Å². The molecule has 0 aromatic heterocycles. The van der Waals surface area contributed by atoms with Crippen molar-refractivity contribution in [3.8, 4) is 6.07 Å². The second kappa shape index (κ2) is 5.94. The minimum atomic E-state index is -0.601. The fraction of sp³-hybridized carbons (Fsp3) is 0.875. The highest BCUT2D eigenvalue weighted by Gasteiger charge is 2.42. The molecule has 3 aliphatic rings. The number of likely N-dealkylation sites (tertiary alicyclic amines) is 1. The summed E-state index contributed by atoms with van der Waals surface area (Å²) in [5.41, 5.74) is -0.601. The van der Waals surface area contributed by atoms with E-state index in [1.165, 1.54) is 6.42 Å². The van der Waals surface area contributed by atoms with Gasteiger partial charge in [0.1, 0.15) is 5.54 Å². The average molecular weight is 290 g/mol. The van der Waals surface area contributed by atoms with Crippen LogP contribution in [0.4, 0.5) is 0 Å². The Hall–Kier alpha value is -1.12. The van der Waals surface area contributed by atoms with E-state index in [4.69, 9.17) is 0 Å². The predicted molar refractivity (Wildman–Crippen MR) is 80.5 cm³/mol. The first-order valence-corrected chi connectivity index (χ1v) is 8.30. The summed E-state index contributed by atoms with van der Waals surface area (Å²) in [7, 11) is 0. The van der Waals surface area contributed by atoms with Crippen molar-refractivity contribution in [1.82, 2.24) is 15.5 Å². The Kier molecular flexibility index (Phi) is 4.19. The summed E-state index contributed by atoms with van der Waals surface area (Å²) in [4.78, 5) is 14.7. The molecule has 3 rings (SSSR count). The first kappa shape index (κ1) is 14.8. The smallest absolute Gasteiger partial charge is 0.235 e. The molecule has 116 valence electrons. The SMILES string of the molecule is CC1C2CNCC2CN1CC(=O)NC1(C#N)CCCCC1. The monoisotopic (exact) mass is 290 g/mol. The molecule has 3 fully saturated rings. The van der Waals surface area contributed by atoms with Crippen LogP contribution in [0, 0.1) is 23.2 Å². The summed E-state index contributed by atoms with van der Waals surface area (Å²) in [6.45, 7) is 5.83. The van der Waals surface area contributed by atoms with Gasteiger partial charge in [-0.3, -0.25) is 9.69 Å². The molecule has 5 heteroatoms. The zero-order chi connectivity index (χ0) is 14.9. The van der Waals surface area contributed by atoms with Gasteiger partial charge in [0, 0.05) is 12.6 Å². The van der Waals surface area contributed by atoms with Gasteiger partial charge in [-0.15, -0.1) is 0 Å². The molecule has 2 saturated heterocycles. The van der Waals surface area contributed by atoms with Crippen molar-refractivity contribution in [2.24, 2.45) is 11.8 Å². The molecule has 0 radical (unpaired) electrons. The Labute approximate surface area is 127 Å². The maximum Gasteiger partial charge on any atom is 0.235 e. The zero-order valence-electron chi connectivity index (χ0n) is 12.9. The van der Waals surface area contributed by atoms with E-state index in [-0.39, 0.29) is 5.91 Å². The maximum absolute atomic E-state index is 12.4. The van der Waals surface area contributed by atoms with E-state index >= 15 is 0 Å². The molecule has 2 N–H and O–H groups in total. The molecule has 0 bridgehead atoms. The lowest BCUT2D eigenvalue weighted by Crippen LogP contribution is -2.52. The lowest BCUT2D eigenvalue weighted by atomic mass is 9.83. The van der Waals surface area contributed by atoms with Gasteiger partial charge in [-0.2, -0.15) is 5.26 Å². The van der Waals surface area contributed by atoms with Crippen LogP contribution in [0.1, 0.15) is 39.0 Å². The molecule has 3 atom stereocenters. The van der Waals surface area contributed by atoms with E-state index in [0.29, 0.717) is 24.4 Å². The highest BCUT2D eigenvalue weighted by molar-refractivity contribution is 5.79. The van der Waals surface area contributed by atoms with Crippen LogP contribution in [0.15, 0.2) is 0 Å². The summed E-state index contributed by atoms with van der Waals surface area (Å²) in [6, 6.07) is 2.82. The fourth-order valence-electron chi connectivity index (χ4n) is 4.38. The Morgan fingerprint density at radius 1 is 1.38 bits per heavy atom. The number of nitriles is 1. The third-order valence-corrected chi connectivity index (χ3v) is 5.70. The van der Waals surface area contributed by atoms with Crippen molar-refractivity contribution in [2.45, 2.75) is 50.6 Å². The molecule has 2 heterocycles. The Bertz CT molecular complexity index is 438. The van der Waals surface area contributed by atoms with Crippen LogP contribution >= 0.6 is 0 Å². The summed E-state index contributed by atoms with van der Waals surface area (Å²) >= 11 is 0. The minimum Gasteiger partial charge on any atom is -0.337 e. The van der Waals surface area contributed by atoms with E-state index < -0.39 is 5.54 Å². The summed E-state index contributed by atoms with van der Waals surface area (Å²) in [5.74, 6) is 1.39. The number of carbonyl (C=O) groups excluding carboxylic acids is 1. The van der Waals surface area contributed by atoms with Gasteiger partial charge in [0.2, 0.25) is 5.91 Å². The van der Waals surface area contributed by atoms with Crippen molar-refractivity contribution >= 4 is 5.91 Å². The third-order valence-electron chi connectivity index (χ3n) is 5.70. The molecule has 0 spiro atoms. The molecule has 1 aliphatic carbocycles. The molecule has 2 aliphatic heterocycles. The van der Waals surface area contributed by atoms with Crippen LogP contribution in [0.25, 0.3) is 0 Å². The number of rotatable bonds is 3. The van der Waals surface area contributed by atoms with E-state index in [1.54, 1.807) is 0 Å². The Morgan fingerprint density at radius 3 is 2.81 bits per heavy atom. The lowest BCUT2D eigenvalue weighted by Gasteiger charge is -2.32. The van der Waals surface area contributed by atoms with Crippen molar-refractivity contribution < 1.29 is 4.79 Å². The number of hydrogen-bond acceptors (Lipinski definition) is 4. The van der Waals surface area contributed by atoms with Crippen molar-refractivity contribution in [2.75, 3.05) is 26.2 Å². The normalized spacial score (nSPS) is 35.1. The zero-order valence-corrected chi connectivity index (χ0v) is 12.9. The van der Waals surface area contributed by atoms with Crippen LogP contribution in [-0.4, -0.2) is 48.6 Å². The van der Waals surface area contributed by atoms with E-state index in [0.717, 1.165) is 45.3 Å². The summed E-state index contributed by atoms with van der Waals surface area (Å²) < 4.78 is 0. The maximum atomic E-state index is 12.4. The Morgan fingerprint density at radius 2 is 2.14 bits per heavy atom. The molecule has 0 aromatic rings. The van der Waals surface area contributed by atoms with Crippen molar-refractivity contribution in [3.05, 3.63) is 0 Å². The number of hydrogen-bond donors (Lipinski definition) is 2. The number of amides is 1. The van der Waals surface area contributed by atoms with Gasteiger partial charge in [-0.05, 0) is 44.7 Å². The van der Waals surface area contributed by atoms with Crippen molar-refractivity contribution in [1.29, 1.82) is 5.26 Å². The van der Waals surface area contributed by atoms with E-state index in [1.807, 2.05) is 0 Å². The van der Waals surface area contributed by atoms with Crippen LogP contribution in [0.5, 0.6) is 0 Å². The van der Waals surface area contributed by atoms with E-state index in [2.05, 4.69) is 28.5 Å². The second-order valence-electron chi connectivity index (χ2n) is 7.05. The predicted octanol–water partition coefficient (Wildman–Crippen LogP) is 0.869. The molecule has 3 unspecified atom stereocenters. The second-order valence-corrected chi connectivity index (χ2v) is 7.05. The number of nitrogens with zero attached hydrogens (tertiary/aromatic N) is 2. The lowest BCUT2D eigenvalue weighted by molar-refractivity contribution is -0.124. The van der Waals surface area contributed by atoms with E-state index in [9.17, 15) is 10.1 Å². The van der Waals surface area contributed by atoms with Gasteiger partial charge in [0.25, 0.3) is 0 Å². The topological polar surface area (TPSA) is 68.2 Å². The fourth-order valence-corrected chi connectivity index (χ4v) is 4.38. The van der Waals surface area contributed by atoms with Gasteiger partial charge in [-0.1, -0.05) is 19.3 Å². The first-order chi connectivity index (χ1) is 10.1. The molecule has 5 nitrogen and oxygen atoms in total. The van der Waals surface area contributed by atoms with Gasteiger partial charge >= 0.3 is 0 Å². The molecule has 1 saturated carbocycles. The van der Waals surface area contributed by atoms with Crippen LogP contribution < -0.4 is 10.6 Å². The van der Waals surface area contributed by atoms with Gasteiger partial charge < -0.3 is 10.6 Å². The quantitative estimate of drug-likeness (QED) is 0.809. The van der Waals surface area contributed by atoms with Crippen molar-refractivity contribution in [3.63, 3.8) is 0 Å². The van der Waals surface area contributed by atoms with Gasteiger partial charge in [0.05, 0.1) is 12.6 Å². The summed E-state index contributed by atoms with van der Waals surface area (Å²) in [6.07, 6.45) is 4.88. The molecule has 0 aromatic carbocycles. The standard InChI is InChI=1S/C16H26N4O/c1-12-14-8-18-7-13(14)9-20(12)10-15(21)19-16(11-17)5-3-2-4-6-16/h12-14,18H,2-10H2,1H3,(H,19,21). The first-order valence-electron chi connectivity index (χ1n) is 8.30. The van der Waals surface area contributed by atoms with Crippen LogP contribution in [0.2, 0.25) is 0 Å². The largest absolute Gasteiger partial charge is 0.337 e. The number of nitrogens with one attached hydrogen (secondary N) is 2. The van der Waals surface area contributed by atoms with Crippen LogP contribution in [-0.2, 0) is 4.79 Å². The average Bonchev–Trinajstić information content (AvgIpc) is 3.04. The number of carbonyl (C=O) groups is 1.